The van der Waals surface area contributed by atoms with Gasteiger partial charge >= 0.3 is 0 Å². The quantitative estimate of drug-likeness (QED) is 0.791. The molecule has 1 saturated heterocycles. The first-order valence-electron chi connectivity index (χ1n) is 7.23. The maximum atomic E-state index is 5.38. The van der Waals surface area contributed by atoms with Crippen molar-refractivity contribution >= 4 is 10.9 Å². The zero-order chi connectivity index (χ0) is 13.6. The number of ether oxygens (including phenoxy) is 1. The zero-order valence-electron chi connectivity index (χ0n) is 12.4. The van der Waals surface area contributed by atoms with Crippen molar-refractivity contribution in [2.45, 2.75) is 45.6 Å². The van der Waals surface area contributed by atoms with Crippen LogP contribution in [0.1, 0.15) is 45.0 Å². The van der Waals surface area contributed by atoms with Gasteiger partial charge in [-0.1, -0.05) is 39.8 Å². The van der Waals surface area contributed by atoms with Gasteiger partial charge in [-0.3, -0.25) is 0 Å². The van der Waals surface area contributed by atoms with E-state index in [0.29, 0.717) is 6.04 Å². The molecule has 0 atom stereocenters. The van der Waals surface area contributed by atoms with Gasteiger partial charge in [0.25, 0.3) is 0 Å². The lowest BCUT2D eigenvalue weighted by Gasteiger charge is -2.30. The SMILES string of the molecule is CCc1cc2ccc(C(C)(C)C)cc2n1C1COC1. The van der Waals surface area contributed by atoms with Crippen LogP contribution in [0.4, 0.5) is 0 Å². The van der Waals surface area contributed by atoms with E-state index in [2.05, 4.69) is 56.5 Å². The van der Waals surface area contributed by atoms with Gasteiger partial charge in [-0.15, -0.1) is 0 Å². The molecule has 1 aliphatic heterocycles. The summed E-state index contributed by atoms with van der Waals surface area (Å²) in [6.07, 6.45) is 1.08. The van der Waals surface area contributed by atoms with Crippen LogP contribution in [-0.4, -0.2) is 17.8 Å². The lowest BCUT2D eigenvalue weighted by atomic mass is 9.87. The fourth-order valence-corrected chi connectivity index (χ4v) is 2.82. The topological polar surface area (TPSA) is 14.2 Å². The van der Waals surface area contributed by atoms with Crippen molar-refractivity contribution in [2.75, 3.05) is 13.2 Å². The third kappa shape index (κ3) is 2.08. The van der Waals surface area contributed by atoms with Gasteiger partial charge in [0.1, 0.15) is 0 Å². The summed E-state index contributed by atoms with van der Waals surface area (Å²) in [6.45, 7) is 10.8. The van der Waals surface area contributed by atoms with Crippen LogP contribution in [0, 0.1) is 0 Å². The molecule has 102 valence electrons. The Balaban J connectivity index is 2.19. The Hall–Kier alpha value is -1.28. The third-order valence-corrected chi connectivity index (χ3v) is 4.14. The number of aryl methyl sites for hydroxylation is 1. The lowest BCUT2D eigenvalue weighted by molar-refractivity contribution is -0.0223. The number of hydrogen-bond acceptors (Lipinski definition) is 1. The summed E-state index contributed by atoms with van der Waals surface area (Å²) in [5, 5.41) is 1.36. The van der Waals surface area contributed by atoms with Gasteiger partial charge in [0.2, 0.25) is 0 Å². The van der Waals surface area contributed by atoms with Gasteiger partial charge in [-0.05, 0) is 34.9 Å². The van der Waals surface area contributed by atoms with E-state index in [4.69, 9.17) is 4.74 Å². The molecule has 2 heterocycles. The van der Waals surface area contributed by atoms with Crippen LogP contribution in [0.15, 0.2) is 24.3 Å². The molecular formula is C17H23NO. The van der Waals surface area contributed by atoms with E-state index in [0.717, 1.165) is 19.6 Å². The van der Waals surface area contributed by atoms with Crippen LogP contribution in [0.5, 0.6) is 0 Å². The molecule has 1 aromatic heterocycles. The molecule has 0 saturated carbocycles. The summed E-state index contributed by atoms with van der Waals surface area (Å²) >= 11 is 0. The summed E-state index contributed by atoms with van der Waals surface area (Å²) in [5.41, 5.74) is 4.40. The molecule has 0 spiro atoms. The molecule has 0 N–H and O–H groups in total. The van der Waals surface area contributed by atoms with Gasteiger partial charge in [0.05, 0.1) is 19.3 Å². The molecule has 0 bridgehead atoms. The van der Waals surface area contributed by atoms with Crippen molar-refractivity contribution < 1.29 is 4.74 Å². The van der Waals surface area contributed by atoms with E-state index in [9.17, 15) is 0 Å². The van der Waals surface area contributed by atoms with Gasteiger partial charge < -0.3 is 9.30 Å². The Morgan fingerprint density at radius 1 is 1.21 bits per heavy atom. The summed E-state index contributed by atoms with van der Waals surface area (Å²) in [7, 11) is 0. The Labute approximate surface area is 115 Å². The van der Waals surface area contributed by atoms with Crippen LogP contribution in [0.25, 0.3) is 10.9 Å². The first-order valence-corrected chi connectivity index (χ1v) is 7.23. The van der Waals surface area contributed by atoms with Gasteiger partial charge in [0.15, 0.2) is 0 Å². The van der Waals surface area contributed by atoms with E-state index in [1.54, 1.807) is 0 Å². The fraction of sp³-hybridized carbons (Fsp3) is 0.529. The van der Waals surface area contributed by atoms with Gasteiger partial charge in [0, 0.05) is 11.2 Å². The summed E-state index contributed by atoms with van der Waals surface area (Å²) in [5.74, 6) is 0. The summed E-state index contributed by atoms with van der Waals surface area (Å²) in [4.78, 5) is 0. The molecule has 2 aromatic rings. The Morgan fingerprint density at radius 2 is 1.95 bits per heavy atom. The molecule has 1 aliphatic rings. The van der Waals surface area contributed by atoms with E-state index in [1.807, 2.05) is 0 Å². The monoisotopic (exact) mass is 257 g/mol. The van der Waals surface area contributed by atoms with Crippen molar-refractivity contribution in [3.63, 3.8) is 0 Å². The van der Waals surface area contributed by atoms with E-state index >= 15 is 0 Å². The minimum absolute atomic E-state index is 0.200. The molecule has 2 nitrogen and oxygen atoms in total. The van der Waals surface area contributed by atoms with Crippen LogP contribution in [0.2, 0.25) is 0 Å². The van der Waals surface area contributed by atoms with Crippen molar-refractivity contribution in [3.8, 4) is 0 Å². The van der Waals surface area contributed by atoms with E-state index in [-0.39, 0.29) is 5.41 Å². The predicted molar refractivity (Wildman–Crippen MR) is 79.9 cm³/mol. The molecular weight excluding hydrogens is 234 g/mol. The smallest absolute Gasteiger partial charge is 0.0806 e. The van der Waals surface area contributed by atoms with Crippen molar-refractivity contribution in [2.24, 2.45) is 0 Å². The third-order valence-electron chi connectivity index (χ3n) is 4.14. The number of nitrogens with zero attached hydrogens (tertiary/aromatic N) is 1. The molecule has 0 unspecified atom stereocenters. The second kappa shape index (κ2) is 4.38. The lowest BCUT2D eigenvalue weighted by Crippen LogP contribution is -2.31. The average Bonchev–Trinajstić information content (AvgIpc) is 2.64. The minimum atomic E-state index is 0.200. The van der Waals surface area contributed by atoms with Crippen LogP contribution in [-0.2, 0) is 16.6 Å². The molecule has 0 radical (unpaired) electrons. The molecule has 1 fully saturated rings. The molecule has 0 aliphatic carbocycles. The highest BCUT2D eigenvalue weighted by atomic mass is 16.5. The highest BCUT2D eigenvalue weighted by Crippen LogP contribution is 2.32. The molecule has 0 amide bonds. The highest BCUT2D eigenvalue weighted by Gasteiger charge is 2.25. The minimum Gasteiger partial charge on any atom is -0.377 e. The van der Waals surface area contributed by atoms with Gasteiger partial charge in [-0.2, -0.15) is 0 Å². The molecule has 2 heteroatoms. The Morgan fingerprint density at radius 3 is 2.47 bits per heavy atom. The number of aromatic nitrogens is 1. The van der Waals surface area contributed by atoms with Crippen molar-refractivity contribution in [3.05, 3.63) is 35.5 Å². The Bertz CT molecular complexity index is 599. The maximum Gasteiger partial charge on any atom is 0.0806 e. The average molecular weight is 257 g/mol. The van der Waals surface area contributed by atoms with E-state index in [1.165, 1.54) is 22.2 Å². The predicted octanol–water partition coefficient (Wildman–Crippen LogP) is 4.07. The second-order valence-corrected chi connectivity index (χ2v) is 6.57. The van der Waals surface area contributed by atoms with Crippen LogP contribution < -0.4 is 0 Å². The highest BCUT2D eigenvalue weighted by molar-refractivity contribution is 5.82. The van der Waals surface area contributed by atoms with Crippen LogP contribution in [0.3, 0.4) is 0 Å². The standard InChI is InChI=1S/C17H23NO/c1-5-14-8-12-6-7-13(17(2,3)4)9-16(12)18(14)15-10-19-11-15/h6-9,15H,5,10-11H2,1-4H3. The first kappa shape index (κ1) is 12.7. The molecule has 1 aromatic carbocycles. The largest absolute Gasteiger partial charge is 0.377 e. The maximum absolute atomic E-state index is 5.38. The number of benzene rings is 1. The molecule has 3 rings (SSSR count). The Kier molecular flexibility index (Phi) is 2.94. The number of rotatable bonds is 2. The number of fused-ring (bicyclic) bond motifs is 1. The van der Waals surface area contributed by atoms with Crippen molar-refractivity contribution in [1.29, 1.82) is 0 Å². The van der Waals surface area contributed by atoms with Crippen LogP contribution >= 0.6 is 0 Å². The fourth-order valence-electron chi connectivity index (χ4n) is 2.82. The van der Waals surface area contributed by atoms with Gasteiger partial charge in [-0.25, -0.2) is 0 Å². The molecule has 19 heavy (non-hydrogen) atoms. The summed E-state index contributed by atoms with van der Waals surface area (Å²) in [6, 6.07) is 9.77. The first-order chi connectivity index (χ1) is 9.00. The zero-order valence-corrected chi connectivity index (χ0v) is 12.4. The number of hydrogen-bond donors (Lipinski definition) is 0. The van der Waals surface area contributed by atoms with Crippen molar-refractivity contribution in [1.82, 2.24) is 4.57 Å². The second-order valence-electron chi connectivity index (χ2n) is 6.57. The van der Waals surface area contributed by atoms with E-state index < -0.39 is 0 Å². The summed E-state index contributed by atoms with van der Waals surface area (Å²) < 4.78 is 7.88. The normalized spacial score (nSPS) is 16.8.